The van der Waals surface area contributed by atoms with Crippen molar-refractivity contribution in [1.82, 2.24) is 0 Å². The number of carbonyl (C=O) groups excluding carboxylic acids is 1. The molecule has 0 bridgehead atoms. The number of nitrogens with two attached hydrogens (primary N) is 1. The summed E-state index contributed by atoms with van der Waals surface area (Å²) in [6.07, 6.45) is 4.16. The van der Waals surface area contributed by atoms with Crippen LogP contribution >= 0.6 is 0 Å². The van der Waals surface area contributed by atoms with E-state index in [2.05, 4.69) is 0 Å². The molecule has 0 aromatic carbocycles. The van der Waals surface area contributed by atoms with Gasteiger partial charge in [0.1, 0.15) is 0 Å². The number of hydrogen-bond acceptors (Lipinski definition) is 3. The topological polar surface area (TPSA) is 52.3 Å². The number of rotatable bonds is 1. The van der Waals surface area contributed by atoms with Gasteiger partial charge in [-0.25, -0.2) is 0 Å². The summed E-state index contributed by atoms with van der Waals surface area (Å²) in [5.74, 6) is 0.0783. The molecule has 0 aliphatic heterocycles. The predicted molar refractivity (Wildman–Crippen MR) is 44.4 cm³/mol. The minimum atomic E-state index is -0.0500. The molecular formula is C9H15NO2. The normalized spacial score (nSPS) is 44.8. The van der Waals surface area contributed by atoms with E-state index in [0.717, 1.165) is 25.7 Å². The van der Waals surface area contributed by atoms with E-state index in [4.69, 9.17) is 10.5 Å². The van der Waals surface area contributed by atoms with Crippen LogP contribution in [0.3, 0.4) is 0 Å². The quantitative estimate of drug-likeness (QED) is 0.587. The molecule has 3 unspecified atom stereocenters. The lowest BCUT2D eigenvalue weighted by molar-refractivity contribution is -0.145. The Morgan fingerprint density at radius 1 is 1.58 bits per heavy atom. The van der Waals surface area contributed by atoms with Crippen LogP contribution in [-0.4, -0.2) is 19.1 Å². The van der Waals surface area contributed by atoms with Crippen LogP contribution in [0.4, 0.5) is 0 Å². The van der Waals surface area contributed by atoms with Crippen molar-refractivity contribution in [3.63, 3.8) is 0 Å². The van der Waals surface area contributed by atoms with Crippen LogP contribution in [0.15, 0.2) is 0 Å². The van der Waals surface area contributed by atoms with E-state index >= 15 is 0 Å². The highest BCUT2D eigenvalue weighted by Gasteiger charge is 2.56. The summed E-state index contributed by atoms with van der Waals surface area (Å²) in [5.41, 5.74) is 6.15. The van der Waals surface area contributed by atoms with Gasteiger partial charge < -0.3 is 10.5 Å². The molecule has 3 atom stereocenters. The smallest absolute Gasteiger partial charge is 0.308 e. The van der Waals surface area contributed by atoms with E-state index < -0.39 is 0 Å². The maximum Gasteiger partial charge on any atom is 0.308 e. The van der Waals surface area contributed by atoms with Crippen LogP contribution in [0.5, 0.6) is 0 Å². The molecule has 2 rings (SSSR count). The Morgan fingerprint density at radius 3 is 2.67 bits per heavy atom. The summed E-state index contributed by atoms with van der Waals surface area (Å²) in [5, 5.41) is 0. The van der Waals surface area contributed by atoms with Crippen molar-refractivity contribution in [2.75, 3.05) is 7.11 Å². The van der Waals surface area contributed by atoms with Crippen LogP contribution in [0.1, 0.15) is 25.7 Å². The molecule has 2 aliphatic rings. The summed E-state index contributed by atoms with van der Waals surface area (Å²) in [6, 6.07) is 0.354. The first-order valence-electron chi connectivity index (χ1n) is 4.51. The number of ether oxygens (including phenoxy) is 1. The molecule has 2 saturated carbocycles. The number of hydrogen-bond donors (Lipinski definition) is 1. The highest BCUT2D eigenvalue weighted by Crippen LogP contribution is 2.58. The first kappa shape index (κ1) is 8.05. The molecule has 3 nitrogen and oxygen atoms in total. The maximum atomic E-state index is 11.2. The third kappa shape index (κ3) is 1.04. The second-order valence-corrected chi connectivity index (χ2v) is 4.14. The fourth-order valence-electron chi connectivity index (χ4n) is 2.43. The molecule has 2 aliphatic carbocycles. The molecule has 0 amide bonds. The zero-order valence-corrected chi connectivity index (χ0v) is 7.38. The monoisotopic (exact) mass is 169 g/mol. The summed E-state index contributed by atoms with van der Waals surface area (Å²) in [7, 11) is 1.46. The molecule has 0 aromatic rings. The molecule has 2 fully saturated rings. The van der Waals surface area contributed by atoms with E-state index in [0.29, 0.717) is 11.5 Å². The van der Waals surface area contributed by atoms with Crippen molar-refractivity contribution in [3.8, 4) is 0 Å². The Balaban J connectivity index is 1.95. The Morgan fingerprint density at radius 2 is 2.25 bits per heavy atom. The lowest BCUT2D eigenvalue weighted by Gasteiger charge is -2.07. The molecule has 2 N–H and O–H groups in total. The first-order chi connectivity index (χ1) is 5.68. The molecule has 68 valence electrons. The second-order valence-electron chi connectivity index (χ2n) is 4.14. The number of methoxy groups -OCH3 is 1. The van der Waals surface area contributed by atoms with Gasteiger partial charge in [0, 0.05) is 6.04 Å². The zero-order chi connectivity index (χ0) is 8.77. The van der Waals surface area contributed by atoms with Gasteiger partial charge in [-0.15, -0.1) is 0 Å². The van der Waals surface area contributed by atoms with Gasteiger partial charge in [-0.05, 0) is 31.1 Å². The third-order valence-electron chi connectivity index (χ3n) is 3.43. The van der Waals surface area contributed by atoms with Crippen LogP contribution in [-0.2, 0) is 9.53 Å². The van der Waals surface area contributed by atoms with Gasteiger partial charge in [-0.1, -0.05) is 0 Å². The summed E-state index contributed by atoms with van der Waals surface area (Å²) >= 11 is 0. The standard InChI is InChI=1S/C9H15NO2/c1-12-8(11)6-2-3-9(4-6)5-7(9)10/h6-7H,2-5,10H2,1H3. The van der Waals surface area contributed by atoms with E-state index in [1.54, 1.807) is 0 Å². The molecule has 1 spiro atoms. The lowest BCUT2D eigenvalue weighted by Crippen LogP contribution is -2.15. The largest absolute Gasteiger partial charge is 0.469 e. The highest BCUT2D eigenvalue weighted by atomic mass is 16.5. The van der Waals surface area contributed by atoms with Gasteiger partial charge in [0.15, 0.2) is 0 Å². The molecular weight excluding hydrogens is 154 g/mol. The third-order valence-corrected chi connectivity index (χ3v) is 3.43. The summed E-state index contributed by atoms with van der Waals surface area (Å²) in [6.45, 7) is 0. The van der Waals surface area contributed by atoms with Gasteiger partial charge in [0.2, 0.25) is 0 Å². The van der Waals surface area contributed by atoms with Crippen molar-refractivity contribution in [2.24, 2.45) is 17.1 Å². The zero-order valence-electron chi connectivity index (χ0n) is 7.38. The Bertz CT molecular complexity index is 217. The van der Waals surface area contributed by atoms with E-state index in [-0.39, 0.29) is 11.9 Å². The molecule has 0 heterocycles. The second kappa shape index (κ2) is 2.46. The van der Waals surface area contributed by atoms with Gasteiger partial charge in [0.05, 0.1) is 13.0 Å². The van der Waals surface area contributed by atoms with Crippen molar-refractivity contribution < 1.29 is 9.53 Å². The Kier molecular flexibility index (Phi) is 1.65. The summed E-state index contributed by atoms with van der Waals surface area (Å²) < 4.78 is 4.71. The fraction of sp³-hybridized carbons (Fsp3) is 0.889. The molecule has 0 aromatic heterocycles. The summed E-state index contributed by atoms with van der Waals surface area (Å²) in [4.78, 5) is 11.2. The average Bonchev–Trinajstić information content (AvgIpc) is 2.48. The van der Waals surface area contributed by atoms with Crippen LogP contribution in [0.25, 0.3) is 0 Å². The van der Waals surface area contributed by atoms with Crippen LogP contribution < -0.4 is 5.73 Å². The van der Waals surface area contributed by atoms with E-state index in [1.807, 2.05) is 0 Å². The van der Waals surface area contributed by atoms with Crippen molar-refractivity contribution in [3.05, 3.63) is 0 Å². The van der Waals surface area contributed by atoms with Crippen molar-refractivity contribution in [2.45, 2.75) is 31.7 Å². The molecule has 0 radical (unpaired) electrons. The van der Waals surface area contributed by atoms with Gasteiger partial charge in [-0.2, -0.15) is 0 Å². The Hall–Kier alpha value is -0.570. The minimum Gasteiger partial charge on any atom is -0.469 e. The highest BCUT2D eigenvalue weighted by molar-refractivity contribution is 5.72. The predicted octanol–water partition coefficient (Wildman–Crippen LogP) is 0.677. The van der Waals surface area contributed by atoms with Crippen molar-refractivity contribution >= 4 is 5.97 Å². The van der Waals surface area contributed by atoms with Gasteiger partial charge >= 0.3 is 5.97 Å². The molecule has 12 heavy (non-hydrogen) atoms. The SMILES string of the molecule is COC(=O)C1CCC2(C1)CC2N. The van der Waals surface area contributed by atoms with Gasteiger partial charge in [0.25, 0.3) is 0 Å². The number of carbonyl (C=O) groups is 1. The van der Waals surface area contributed by atoms with E-state index in [1.165, 1.54) is 7.11 Å². The minimum absolute atomic E-state index is 0.0500. The maximum absolute atomic E-state index is 11.2. The molecule has 3 heteroatoms. The van der Waals surface area contributed by atoms with E-state index in [9.17, 15) is 4.79 Å². The van der Waals surface area contributed by atoms with Crippen molar-refractivity contribution in [1.29, 1.82) is 0 Å². The number of esters is 1. The first-order valence-corrected chi connectivity index (χ1v) is 4.51. The van der Waals surface area contributed by atoms with Gasteiger partial charge in [-0.3, -0.25) is 4.79 Å². The fourth-order valence-corrected chi connectivity index (χ4v) is 2.43. The Labute approximate surface area is 72.3 Å². The lowest BCUT2D eigenvalue weighted by atomic mass is 10.0. The van der Waals surface area contributed by atoms with Crippen LogP contribution in [0, 0.1) is 11.3 Å². The van der Waals surface area contributed by atoms with Crippen LogP contribution in [0.2, 0.25) is 0 Å². The average molecular weight is 169 g/mol. The molecule has 0 saturated heterocycles.